The van der Waals surface area contributed by atoms with Crippen molar-refractivity contribution >= 4 is 17.6 Å². The molecule has 6 nitrogen and oxygen atoms in total. The summed E-state index contributed by atoms with van der Waals surface area (Å²) in [6, 6.07) is 9.03. The van der Waals surface area contributed by atoms with Crippen molar-refractivity contribution in [2.45, 2.75) is 50.2 Å². The average molecular weight is 461 g/mol. The van der Waals surface area contributed by atoms with Crippen LogP contribution in [0, 0.1) is 0 Å². The van der Waals surface area contributed by atoms with Crippen LogP contribution in [0.25, 0.3) is 0 Å². The molecule has 1 aromatic carbocycles. The normalized spacial score (nSPS) is 20.5. The number of nitrogens with one attached hydrogen (secondary N) is 1. The fraction of sp³-hybridized carbons (Fsp3) is 0.458. The Balaban J connectivity index is 1.46. The molecule has 0 bridgehead atoms. The first kappa shape index (κ1) is 23.1. The smallest absolute Gasteiger partial charge is 0.417 e. The summed E-state index contributed by atoms with van der Waals surface area (Å²) in [5, 5.41) is 2.99. The van der Waals surface area contributed by atoms with Crippen molar-refractivity contribution in [3.05, 3.63) is 59.4 Å². The largest absolute Gasteiger partial charge is 0.463 e. The first-order valence-corrected chi connectivity index (χ1v) is 10.9. The number of esters is 1. The Labute approximate surface area is 190 Å². The van der Waals surface area contributed by atoms with Crippen LogP contribution in [-0.2, 0) is 26.9 Å². The Morgan fingerprint density at radius 2 is 1.94 bits per heavy atom. The quantitative estimate of drug-likeness (QED) is 0.635. The predicted octanol–water partition coefficient (Wildman–Crippen LogP) is 3.85. The summed E-state index contributed by atoms with van der Waals surface area (Å²) in [6.45, 7) is 1.81. The number of hydrogen-bond acceptors (Lipinski definition) is 5. The van der Waals surface area contributed by atoms with E-state index in [0.29, 0.717) is 24.6 Å². The van der Waals surface area contributed by atoms with Crippen molar-refractivity contribution in [3.63, 3.8) is 0 Å². The molecule has 1 aliphatic heterocycles. The van der Waals surface area contributed by atoms with E-state index in [2.05, 4.69) is 10.3 Å². The molecular formula is C24H26F3N3O3. The van der Waals surface area contributed by atoms with Gasteiger partial charge in [-0.3, -0.25) is 14.6 Å². The van der Waals surface area contributed by atoms with E-state index in [-0.39, 0.29) is 25.5 Å². The molecule has 0 unspecified atom stereocenters. The number of anilines is 1. The van der Waals surface area contributed by atoms with Crippen molar-refractivity contribution < 1.29 is 27.5 Å². The van der Waals surface area contributed by atoms with E-state index < -0.39 is 23.2 Å². The Morgan fingerprint density at radius 1 is 1.21 bits per heavy atom. The van der Waals surface area contributed by atoms with E-state index in [9.17, 15) is 22.8 Å². The number of ether oxygens (including phenoxy) is 1. The van der Waals surface area contributed by atoms with Gasteiger partial charge in [0.15, 0.2) is 0 Å². The molecule has 0 radical (unpaired) electrons. The minimum absolute atomic E-state index is 0.0580. The second-order valence-electron chi connectivity index (χ2n) is 8.90. The molecule has 1 aliphatic carbocycles. The van der Waals surface area contributed by atoms with Crippen molar-refractivity contribution in [1.29, 1.82) is 0 Å². The molecule has 2 fully saturated rings. The van der Waals surface area contributed by atoms with Gasteiger partial charge in [0.2, 0.25) is 5.91 Å². The number of benzene rings is 1. The van der Waals surface area contributed by atoms with E-state index in [1.807, 2.05) is 24.3 Å². The van der Waals surface area contributed by atoms with Gasteiger partial charge in [0.25, 0.3) is 0 Å². The van der Waals surface area contributed by atoms with Gasteiger partial charge < -0.3 is 15.0 Å². The highest BCUT2D eigenvalue weighted by molar-refractivity contribution is 5.79. The third kappa shape index (κ3) is 5.83. The van der Waals surface area contributed by atoms with Gasteiger partial charge >= 0.3 is 12.1 Å². The Morgan fingerprint density at radius 3 is 2.58 bits per heavy atom. The second-order valence-corrected chi connectivity index (χ2v) is 8.90. The minimum Gasteiger partial charge on any atom is -0.463 e. The van der Waals surface area contributed by atoms with Crippen LogP contribution in [0.15, 0.2) is 42.7 Å². The maximum Gasteiger partial charge on any atom is 0.417 e. The van der Waals surface area contributed by atoms with Gasteiger partial charge in [-0.05, 0) is 42.4 Å². The molecule has 0 spiro atoms. The van der Waals surface area contributed by atoms with Crippen LogP contribution >= 0.6 is 0 Å². The van der Waals surface area contributed by atoms with Crippen LogP contribution in [0.5, 0.6) is 0 Å². The summed E-state index contributed by atoms with van der Waals surface area (Å²) in [5.41, 5.74) is 0.726. The van der Waals surface area contributed by atoms with Gasteiger partial charge in [0.1, 0.15) is 6.61 Å². The SMILES string of the molecule is CC(=O)OC[C@]1(NC(=O)Cc2ccc(C3CC3)cc2)CCN(c2cncc(C(F)(F)F)c2)C1. The zero-order chi connectivity index (χ0) is 23.6. The van der Waals surface area contributed by atoms with Gasteiger partial charge in [0.05, 0.1) is 29.4 Å². The maximum atomic E-state index is 13.1. The lowest BCUT2D eigenvalue weighted by Gasteiger charge is -2.30. The summed E-state index contributed by atoms with van der Waals surface area (Å²) >= 11 is 0. The van der Waals surface area contributed by atoms with Crippen LogP contribution in [0.2, 0.25) is 0 Å². The second kappa shape index (κ2) is 9.03. The number of carbonyl (C=O) groups excluding carboxylic acids is 2. The number of alkyl halides is 3. The van der Waals surface area contributed by atoms with E-state index in [4.69, 9.17) is 4.74 Å². The first-order chi connectivity index (χ1) is 15.6. The number of nitrogens with zero attached hydrogens (tertiary/aromatic N) is 2. The number of amides is 1. The molecule has 1 N–H and O–H groups in total. The minimum atomic E-state index is -4.50. The van der Waals surface area contributed by atoms with Crippen molar-refractivity contribution in [1.82, 2.24) is 10.3 Å². The molecule has 2 aromatic rings. The van der Waals surface area contributed by atoms with Crippen molar-refractivity contribution in [2.24, 2.45) is 0 Å². The summed E-state index contributed by atoms with van der Waals surface area (Å²) in [4.78, 5) is 29.7. The summed E-state index contributed by atoms with van der Waals surface area (Å²) in [6.07, 6.45) is 0.636. The Kier molecular flexibility index (Phi) is 6.32. The number of hydrogen-bond donors (Lipinski definition) is 1. The highest BCUT2D eigenvalue weighted by Gasteiger charge is 2.41. The van der Waals surface area contributed by atoms with Crippen LogP contribution < -0.4 is 10.2 Å². The molecule has 1 amide bonds. The van der Waals surface area contributed by atoms with Gasteiger partial charge in [-0.1, -0.05) is 24.3 Å². The van der Waals surface area contributed by atoms with E-state index in [1.165, 1.54) is 31.5 Å². The lowest BCUT2D eigenvalue weighted by atomic mass is 9.98. The average Bonchev–Trinajstić information content (AvgIpc) is 3.53. The number of aromatic nitrogens is 1. The number of halogens is 3. The predicted molar refractivity (Wildman–Crippen MR) is 116 cm³/mol. The fourth-order valence-electron chi connectivity index (χ4n) is 4.19. The van der Waals surface area contributed by atoms with Crippen molar-refractivity contribution in [2.75, 3.05) is 24.6 Å². The molecule has 1 saturated carbocycles. The monoisotopic (exact) mass is 461 g/mol. The highest BCUT2D eigenvalue weighted by atomic mass is 19.4. The molecular weight excluding hydrogens is 435 g/mol. The Hall–Kier alpha value is -3.10. The van der Waals surface area contributed by atoms with Gasteiger partial charge in [-0.25, -0.2) is 0 Å². The number of carbonyl (C=O) groups is 2. The zero-order valence-corrected chi connectivity index (χ0v) is 18.3. The number of rotatable bonds is 7. The lowest BCUT2D eigenvalue weighted by molar-refractivity contribution is -0.144. The van der Waals surface area contributed by atoms with Gasteiger partial charge in [-0.2, -0.15) is 13.2 Å². The van der Waals surface area contributed by atoms with Gasteiger partial charge in [0, 0.05) is 26.2 Å². The van der Waals surface area contributed by atoms with Gasteiger partial charge in [-0.15, -0.1) is 0 Å². The third-order valence-corrected chi connectivity index (χ3v) is 6.12. The zero-order valence-electron chi connectivity index (χ0n) is 18.3. The van der Waals surface area contributed by atoms with Crippen LogP contribution in [0.1, 0.15) is 48.8 Å². The molecule has 9 heteroatoms. The van der Waals surface area contributed by atoms with E-state index in [1.54, 1.807) is 4.90 Å². The topological polar surface area (TPSA) is 71.5 Å². The molecule has 2 aliphatic rings. The van der Waals surface area contributed by atoms with Crippen LogP contribution in [0.4, 0.5) is 18.9 Å². The maximum absolute atomic E-state index is 13.1. The van der Waals surface area contributed by atoms with E-state index in [0.717, 1.165) is 17.8 Å². The van der Waals surface area contributed by atoms with Crippen LogP contribution in [0.3, 0.4) is 0 Å². The molecule has 1 aromatic heterocycles. The highest BCUT2D eigenvalue weighted by Crippen LogP contribution is 2.40. The fourth-order valence-corrected chi connectivity index (χ4v) is 4.19. The molecule has 1 saturated heterocycles. The summed E-state index contributed by atoms with van der Waals surface area (Å²) in [5.74, 6) is -0.0847. The molecule has 4 rings (SSSR count). The lowest BCUT2D eigenvalue weighted by Crippen LogP contribution is -2.54. The Bertz CT molecular complexity index is 1020. The summed E-state index contributed by atoms with van der Waals surface area (Å²) in [7, 11) is 0. The number of pyridine rings is 1. The molecule has 33 heavy (non-hydrogen) atoms. The standard InChI is InChI=1S/C24H26F3N3O3/c1-16(31)33-15-23(29-22(32)10-17-2-4-18(5-3-17)19-6-7-19)8-9-30(14-23)21-11-20(12-28-13-21)24(25,26)27/h2-5,11-13,19H,6-10,14-15H2,1H3,(H,29,32)/t23-/m0/s1. The third-order valence-electron chi connectivity index (χ3n) is 6.12. The molecule has 1 atom stereocenters. The first-order valence-electron chi connectivity index (χ1n) is 10.9. The summed E-state index contributed by atoms with van der Waals surface area (Å²) < 4.78 is 44.5. The molecule has 176 valence electrons. The van der Waals surface area contributed by atoms with E-state index >= 15 is 0 Å². The molecule has 2 heterocycles. The van der Waals surface area contributed by atoms with Crippen LogP contribution in [-0.4, -0.2) is 42.1 Å². The van der Waals surface area contributed by atoms with Crippen molar-refractivity contribution in [3.8, 4) is 0 Å².